The first-order valence-electron chi connectivity index (χ1n) is 13.9. The molecule has 0 amide bonds. The molecule has 0 N–H and O–H groups in total. The van der Waals surface area contributed by atoms with E-state index in [1.807, 2.05) is 48.5 Å². The summed E-state index contributed by atoms with van der Waals surface area (Å²) in [5, 5.41) is 1.71. The topological polar surface area (TPSA) is 51.0 Å². The number of piperidine rings is 1. The molecule has 7 rings (SSSR count). The lowest BCUT2D eigenvalue weighted by atomic mass is 9.89. The number of fused-ring (bicyclic) bond motifs is 2. The van der Waals surface area contributed by atoms with Crippen LogP contribution in [0.3, 0.4) is 0 Å². The molecule has 1 aliphatic carbocycles. The predicted molar refractivity (Wildman–Crippen MR) is 162 cm³/mol. The number of rotatable bonds is 5. The Labute approximate surface area is 238 Å². The molecule has 0 radical (unpaired) electrons. The van der Waals surface area contributed by atoms with Crippen LogP contribution >= 0.6 is 11.6 Å². The fourth-order valence-corrected chi connectivity index (χ4v) is 6.13. The van der Waals surface area contributed by atoms with Crippen molar-refractivity contribution in [2.45, 2.75) is 31.7 Å². The monoisotopic (exact) mass is 544 g/mol. The molecule has 3 aromatic carbocycles. The van der Waals surface area contributed by atoms with Crippen LogP contribution in [0, 0.1) is 0 Å². The van der Waals surface area contributed by atoms with Crippen molar-refractivity contribution < 1.29 is 0 Å². The maximum atomic E-state index is 13.5. The standard InChI is InChI=1S/C34H29ClN4O/c35-28-9-6-24(7-10-28)27-19-31-33(20-27)36-22-39(34(31)40)30-12-13-32-26(18-30)8-11-29(37-32)21-38-16-14-25(15-17-38)23-4-2-1-3-5-23/h1-13,18,20,22,25H,14-17,19,21H2. The van der Waals surface area contributed by atoms with Gasteiger partial charge < -0.3 is 0 Å². The van der Waals surface area contributed by atoms with Gasteiger partial charge in [-0.15, -0.1) is 0 Å². The fraction of sp³-hybridized carbons (Fsp3) is 0.206. The molecule has 2 aromatic heterocycles. The summed E-state index contributed by atoms with van der Waals surface area (Å²) in [5.74, 6) is 0.650. The zero-order valence-electron chi connectivity index (χ0n) is 22.1. The van der Waals surface area contributed by atoms with E-state index < -0.39 is 0 Å². The normalized spacial score (nSPS) is 15.8. The van der Waals surface area contributed by atoms with E-state index in [9.17, 15) is 4.79 Å². The summed E-state index contributed by atoms with van der Waals surface area (Å²) in [7, 11) is 0. The summed E-state index contributed by atoms with van der Waals surface area (Å²) < 4.78 is 1.64. The first kappa shape index (κ1) is 24.9. The Morgan fingerprint density at radius 3 is 2.50 bits per heavy atom. The van der Waals surface area contributed by atoms with Crippen molar-refractivity contribution in [3.63, 3.8) is 0 Å². The number of aromatic nitrogens is 3. The molecule has 198 valence electrons. The van der Waals surface area contributed by atoms with Crippen LogP contribution in [0.5, 0.6) is 0 Å². The quantitative estimate of drug-likeness (QED) is 0.241. The van der Waals surface area contributed by atoms with Crippen molar-refractivity contribution >= 4 is 34.2 Å². The van der Waals surface area contributed by atoms with E-state index in [1.54, 1.807) is 10.9 Å². The second-order valence-electron chi connectivity index (χ2n) is 10.8. The van der Waals surface area contributed by atoms with Gasteiger partial charge in [0.2, 0.25) is 0 Å². The number of nitrogens with zero attached hydrogens (tertiary/aromatic N) is 4. The number of halogens is 1. The van der Waals surface area contributed by atoms with E-state index in [-0.39, 0.29) is 5.56 Å². The Balaban J connectivity index is 1.06. The maximum Gasteiger partial charge on any atom is 0.262 e. The van der Waals surface area contributed by atoms with Crippen LogP contribution in [0.15, 0.2) is 96.1 Å². The summed E-state index contributed by atoms with van der Waals surface area (Å²) in [6, 6.07) is 28.8. The lowest BCUT2D eigenvalue weighted by molar-refractivity contribution is 0.203. The fourth-order valence-electron chi connectivity index (χ4n) is 6.01. The van der Waals surface area contributed by atoms with E-state index in [1.165, 1.54) is 18.4 Å². The predicted octanol–water partition coefficient (Wildman–Crippen LogP) is 6.91. The number of likely N-dealkylation sites (tertiary alicyclic amines) is 1. The molecule has 1 saturated heterocycles. The summed E-state index contributed by atoms with van der Waals surface area (Å²) >= 11 is 6.05. The van der Waals surface area contributed by atoms with Crippen molar-refractivity contribution in [2.24, 2.45) is 0 Å². The number of hydrogen-bond donors (Lipinski definition) is 0. The SMILES string of the molecule is O=c1c2c(ncn1-c1ccc3nc(CN4CCC(c5ccccc5)CC4)ccc3c1)C=C(c1ccc(Cl)cc1)C2. The van der Waals surface area contributed by atoms with E-state index >= 15 is 0 Å². The minimum atomic E-state index is -0.0342. The lowest BCUT2D eigenvalue weighted by Crippen LogP contribution is -2.32. The highest BCUT2D eigenvalue weighted by Gasteiger charge is 2.22. The van der Waals surface area contributed by atoms with Crippen molar-refractivity contribution in [3.05, 3.63) is 135 Å². The Bertz CT molecular complexity index is 1790. The first-order chi connectivity index (χ1) is 19.6. The molecule has 0 atom stereocenters. The molecule has 6 heteroatoms. The van der Waals surface area contributed by atoms with Crippen LogP contribution in [0.25, 0.3) is 28.2 Å². The average molecular weight is 545 g/mol. The molecule has 0 unspecified atom stereocenters. The van der Waals surface area contributed by atoms with Gasteiger partial charge in [0.05, 0.1) is 22.6 Å². The molecule has 1 fully saturated rings. The van der Waals surface area contributed by atoms with Crippen molar-refractivity contribution in [1.29, 1.82) is 0 Å². The van der Waals surface area contributed by atoms with Crippen LogP contribution in [-0.2, 0) is 13.0 Å². The Hall–Kier alpha value is -4.06. The van der Waals surface area contributed by atoms with E-state index in [2.05, 4.69) is 52.3 Å². The largest absolute Gasteiger partial charge is 0.297 e. The molecule has 0 saturated carbocycles. The second kappa shape index (κ2) is 10.5. The number of pyridine rings is 1. The third-order valence-corrected chi connectivity index (χ3v) is 8.50. The summed E-state index contributed by atoms with van der Waals surface area (Å²) in [6.07, 6.45) is 6.55. The summed E-state index contributed by atoms with van der Waals surface area (Å²) in [4.78, 5) is 25.5. The molecule has 5 aromatic rings. The molecule has 3 heterocycles. The van der Waals surface area contributed by atoms with Crippen molar-refractivity contribution in [1.82, 2.24) is 19.4 Å². The van der Waals surface area contributed by atoms with Gasteiger partial charge in [0.15, 0.2) is 0 Å². The van der Waals surface area contributed by atoms with Crippen molar-refractivity contribution in [3.8, 4) is 5.69 Å². The highest BCUT2D eigenvalue weighted by Crippen LogP contribution is 2.30. The Morgan fingerprint density at radius 1 is 0.900 bits per heavy atom. The molecular formula is C34H29ClN4O. The molecule has 40 heavy (non-hydrogen) atoms. The molecule has 1 aliphatic heterocycles. The zero-order valence-corrected chi connectivity index (χ0v) is 22.9. The minimum absolute atomic E-state index is 0.0342. The van der Waals surface area contributed by atoms with Crippen LogP contribution in [-0.4, -0.2) is 32.5 Å². The van der Waals surface area contributed by atoms with E-state index in [4.69, 9.17) is 16.6 Å². The molecular weight excluding hydrogens is 516 g/mol. The van der Waals surface area contributed by atoms with Gasteiger partial charge in [-0.2, -0.15) is 0 Å². The minimum Gasteiger partial charge on any atom is -0.297 e. The molecule has 0 spiro atoms. The van der Waals surface area contributed by atoms with Gasteiger partial charge in [0, 0.05) is 28.9 Å². The Kier molecular flexibility index (Phi) is 6.54. The van der Waals surface area contributed by atoms with Gasteiger partial charge in [-0.25, -0.2) is 4.98 Å². The van der Waals surface area contributed by atoms with Crippen LogP contribution < -0.4 is 5.56 Å². The zero-order chi connectivity index (χ0) is 27.1. The average Bonchev–Trinajstić information content (AvgIpc) is 3.44. The maximum absolute atomic E-state index is 13.5. The number of hydrogen-bond acceptors (Lipinski definition) is 4. The van der Waals surface area contributed by atoms with Crippen LogP contribution in [0.2, 0.25) is 5.02 Å². The molecule has 5 nitrogen and oxygen atoms in total. The smallest absolute Gasteiger partial charge is 0.262 e. The van der Waals surface area contributed by atoms with Gasteiger partial charge in [0.1, 0.15) is 6.33 Å². The van der Waals surface area contributed by atoms with Gasteiger partial charge in [-0.1, -0.05) is 60.1 Å². The number of benzene rings is 3. The highest BCUT2D eigenvalue weighted by atomic mass is 35.5. The highest BCUT2D eigenvalue weighted by molar-refractivity contribution is 6.30. The van der Waals surface area contributed by atoms with Gasteiger partial charge in [0.25, 0.3) is 5.56 Å². The van der Waals surface area contributed by atoms with Crippen LogP contribution in [0.1, 0.15) is 46.8 Å². The van der Waals surface area contributed by atoms with Gasteiger partial charge in [-0.3, -0.25) is 19.2 Å². The van der Waals surface area contributed by atoms with Gasteiger partial charge >= 0.3 is 0 Å². The second-order valence-corrected chi connectivity index (χ2v) is 11.2. The lowest BCUT2D eigenvalue weighted by Gasteiger charge is -2.32. The van der Waals surface area contributed by atoms with E-state index in [0.29, 0.717) is 17.4 Å². The van der Waals surface area contributed by atoms with E-state index in [0.717, 1.165) is 64.3 Å². The third kappa shape index (κ3) is 4.87. The summed E-state index contributed by atoms with van der Waals surface area (Å²) in [5.41, 5.74) is 7.83. The van der Waals surface area contributed by atoms with Crippen molar-refractivity contribution in [2.75, 3.05) is 13.1 Å². The third-order valence-electron chi connectivity index (χ3n) is 8.24. The summed E-state index contributed by atoms with van der Waals surface area (Å²) in [6.45, 7) is 3.03. The first-order valence-corrected chi connectivity index (χ1v) is 14.2. The molecule has 0 bridgehead atoms. The van der Waals surface area contributed by atoms with Crippen LogP contribution in [0.4, 0.5) is 0 Å². The number of allylic oxidation sites excluding steroid dienone is 1. The molecule has 2 aliphatic rings. The van der Waals surface area contributed by atoms with Gasteiger partial charge in [-0.05, 0) is 91.0 Å². The Morgan fingerprint density at radius 2 is 1.70 bits per heavy atom.